The second-order valence-electron chi connectivity index (χ2n) is 6.18. The molecule has 1 fully saturated rings. The summed E-state index contributed by atoms with van der Waals surface area (Å²) in [4.78, 5) is 2.14. The largest absolute Gasteiger partial charge is 0.398 e. The van der Waals surface area contributed by atoms with E-state index in [4.69, 9.17) is 11.1 Å². The summed E-state index contributed by atoms with van der Waals surface area (Å²) in [7, 11) is -3.16. The topological polar surface area (TPSA) is 92.2 Å². The number of anilines is 2. The Kier molecular flexibility index (Phi) is 4.78. The maximum Gasteiger partial charge on any atom is 0.211 e. The molecule has 0 saturated carbocycles. The lowest BCUT2D eigenvalue weighted by Crippen LogP contribution is -2.48. The SMILES string of the molecule is CS(=O)(=O)N1CCN(c2cc(-c3ccccc3)cc(N)c2C=[NH2+])CC1. The monoisotopic (exact) mass is 359 g/mol. The summed E-state index contributed by atoms with van der Waals surface area (Å²) in [5.74, 6) is 0. The number of piperazine rings is 1. The van der Waals surface area contributed by atoms with Crippen molar-refractivity contribution >= 4 is 27.6 Å². The smallest absolute Gasteiger partial charge is 0.211 e. The lowest BCUT2D eigenvalue weighted by molar-refractivity contribution is -0.104. The molecule has 1 saturated heterocycles. The van der Waals surface area contributed by atoms with Gasteiger partial charge in [0, 0.05) is 31.9 Å². The van der Waals surface area contributed by atoms with Crippen LogP contribution < -0.4 is 16.0 Å². The summed E-state index contributed by atoms with van der Waals surface area (Å²) in [6, 6.07) is 14.0. The number of nitrogens with two attached hydrogens (primary N) is 2. The Labute approximate surface area is 148 Å². The molecular formula is C18H23N4O2S+. The van der Waals surface area contributed by atoms with Gasteiger partial charge in [-0.3, -0.25) is 5.41 Å². The predicted octanol–water partition coefficient (Wildman–Crippen LogP) is 0.195. The number of sulfonamides is 1. The van der Waals surface area contributed by atoms with Gasteiger partial charge in [-0.1, -0.05) is 30.3 Å². The summed E-state index contributed by atoms with van der Waals surface area (Å²) in [5.41, 5.74) is 10.7. The fraction of sp³-hybridized carbons (Fsp3) is 0.278. The molecule has 1 heterocycles. The number of nitrogens with zero attached hydrogens (tertiary/aromatic N) is 2. The van der Waals surface area contributed by atoms with Crippen molar-refractivity contribution in [2.45, 2.75) is 0 Å². The Morgan fingerprint density at radius 1 is 1.04 bits per heavy atom. The van der Waals surface area contributed by atoms with Crippen LogP contribution in [0.1, 0.15) is 5.56 Å². The van der Waals surface area contributed by atoms with E-state index in [0.717, 1.165) is 22.4 Å². The molecule has 25 heavy (non-hydrogen) atoms. The molecule has 7 heteroatoms. The number of hydrogen-bond acceptors (Lipinski definition) is 4. The van der Waals surface area contributed by atoms with Gasteiger partial charge in [0.05, 0.1) is 17.5 Å². The van der Waals surface area contributed by atoms with E-state index in [1.807, 2.05) is 36.4 Å². The molecule has 0 unspecified atom stereocenters. The highest BCUT2D eigenvalue weighted by atomic mass is 32.2. The Morgan fingerprint density at radius 2 is 1.68 bits per heavy atom. The van der Waals surface area contributed by atoms with Crippen molar-refractivity contribution in [2.75, 3.05) is 43.1 Å². The van der Waals surface area contributed by atoms with Crippen molar-refractivity contribution in [3.63, 3.8) is 0 Å². The van der Waals surface area contributed by atoms with Gasteiger partial charge < -0.3 is 10.6 Å². The zero-order valence-electron chi connectivity index (χ0n) is 14.2. The normalized spacial score (nSPS) is 16.0. The molecule has 0 radical (unpaired) electrons. The van der Waals surface area contributed by atoms with Crippen LogP contribution in [0.2, 0.25) is 0 Å². The average molecular weight is 359 g/mol. The maximum absolute atomic E-state index is 11.7. The number of benzene rings is 2. The second kappa shape index (κ2) is 6.85. The number of nitrogen functional groups attached to an aromatic ring is 1. The minimum atomic E-state index is -3.16. The van der Waals surface area contributed by atoms with Crippen LogP contribution in [0.15, 0.2) is 42.5 Å². The third kappa shape index (κ3) is 3.67. The Bertz CT molecular complexity index is 873. The van der Waals surface area contributed by atoms with E-state index in [-0.39, 0.29) is 0 Å². The van der Waals surface area contributed by atoms with Crippen LogP contribution in [0.4, 0.5) is 11.4 Å². The Balaban J connectivity index is 1.95. The molecule has 6 nitrogen and oxygen atoms in total. The third-order valence-electron chi connectivity index (χ3n) is 4.51. The first kappa shape index (κ1) is 17.4. The van der Waals surface area contributed by atoms with Crippen LogP contribution in [0.25, 0.3) is 11.1 Å². The Morgan fingerprint density at radius 3 is 2.24 bits per heavy atom. The van der Waals surface area contributed by atoms with E-state index in [1.54, 1.807) is 0 Å². The van der Waals surface area contributed by atoms with Crippen molar-refractivity contribution in [1.29, 1.82) is 0 Å². The van der Waals surface area contributed by atoms with Crippen LogP contribution >= 0.6 is 0 Å². The first-order valence-electron chi connectivity index (χ1n) is 8.14. The van der Waals surface area contributed by atoms with Gasteiger partial charge in [-0.05, 0) is 23.3 Å². The third-order valence-corrected chi connectivity index (χ3v) is 5.82. The van der Waals surface area contributed by atoms with Gasteiger partial charge in [-0.25, -0.2) is 8.42 Å². The number of rotatable bonds is 4. The van der Waals surface area contributed by atoms with Gasteiger partial charge in [-0.15, -0.1) is 0 Å². The molecule has 0 amide bonds. The molecular weight excluding hydrogens is 336 g/mol. The molecule has 132 valence electrons. The zero-order valence-corrected chi connectivity index (χ0v) is 15.0. The summed E-state index contributed by atoms with van der Waals surface area (Å²) in [6.45, 7) is 2.12. The molecule has 0 bridgehead atoms. The lowest BCUT2D eigenvalue weighted by Gasteiger charge is -2.35. The van der Waals surface area contributed by atoms with Gasteiger partial charge in [0.1, 0.15) is 0 Å². The predicted molar refractivity (Wildman–Crippen MR) is 102 cm³/mol. The van der Waals surface area contributed by atoms with Crippen molar-refractivity contribution in [3.05, 3.63) is 48.0 Å². The second-order valence-corrected chi connectivity index (χ2v) is 8.16. The van der Waals surface area contributed by atoms with Crippen LogP contribution in [0.5, 0.6) is 0 Å². The van der Waals surface area contributed by atoms with Crippen LogP contribution in [0.3, 0.4) is 0 Å². The highest BCUT2D eigenvalue weighted by Crippen LogP contribution is 2.32. The van der Waals surface area contributed by atoms with Crippen molar-refractivity contribution in [3.8, 4) is 11.1 Å². The summed E-state index contributed by atoms with van der Waals surface area (Å²) in [6.07, 6.45) is 2.76. The standard InChI is InChI=1S/C18H22N4O2S/c1-25(23,24)22-9-7-21(8-10-22)18-12-15(11-17(20)16(18)13-19)14-5-3-2-4-6-14/h2-6,11-13,19H,7-10,20H2,1H3/p+1. The van der Waals surface area contributed by atoms with Crippen LogP contribution in [-0.4, -0.2) is 51.4 Å². The van der Waals surface area contributed by atoms with Gasteiger partial charge in [0.2, 0.25) is 10.0 Å². The summed E-state index contributed by atoms with van der Waals surface area (Å²) in [5, 5.41) is 5.81. The van der Waals surface area contributed by atoms with E-state index in [0.29, 0.717) is 31.9 Å². The highest BCUT2D eigenvalue weighted by molar-refractivity contribution is 7.88. The fourth-order valence-electron chi connectivity index (χ4n) is 3.16. The molecule has 2 aromatic carbocycles. The molecule has 0 spiro atoms. The molecule has 1 aliphatic heterocycles. The van der Waals surface area contributed by atoms with E-state index in [9.17, 15) is 8.42 Å². The fourth-order valence-corrected chi connectivity index (χ4v) is 3.99. The molecule has 1 aliphatic rings. The Hall–Kier alpha value is -2.38. The zero-order chi connectivity index (χ0) is 18.0. The van der Waals surface area contributed by atoms with Gasteiger partial charge in [0.25, 0.3) is 0 Å². The van der Waals surface area contributed by atoms with Gasteiger partial charge in [0.15, 0.2) is 6.21 Å². The molecule has 3 rings (SSSR count). The summed E-state index contributed by atoms with van der Waals surface area (Å²) < 4.78 is 24.9. The molecule has 0 aliphatic carbocycles. The maximum atomic E-state index is 11.7. The molecule has 2 aromatic rings. The molecule has 4 N–H and O–H groups in total. The van der Waals surface area contributed by atoms with Gasteiger partial charge >= 0.3 is 0 Å². The van der Waals surface area contributed by atoms with E-state index < -0.39 is 10.0 Å². The van der Waals surface area contributed by atoms with Crippen molar-refractivity contribution in [1.82, 2.24) is 4.31 Å². The molecule has 0 atom stereocenters. The van der Waals surface area contributed by atoms with Crippen molar-refractivity contribution < 1.29 is 13.8 Å². The van der Waals surface area contributed by atoms with Crippen LogP contribution in [-0.2, 0) is 10.0 Å². The van der Waals surface area contributed by atoms with Gasteiger partial charge in [-0.2, -0.15) is 4.31 Å². The first-order chi connectivity index (χ1) is 11.9. The number of hydrogen-bond donors (Lipinski definition) is 2. The quantitative estimate of drug-likeness (QED) is 0.602. The van der Waals surface area contributed by atoms with E-state index >= 15 is 0 Å². The average Bonchev–Trinajstić information content (AvgIpc) is 2.61. The van der Waals surface area contributed by atoms with Crippen LogP contribution in [0, 0.1) is 0 Å². The minimum Gasteiger partial charge on any atom is -0.398 e. The van der Waals surface area contributed by atoms with Crippen molar-refractivity contribution in [2.24, 2.45) is 0 Å². The van der Waals surface area contributed by atoms with E-state index in [2.05, 4.69) is 11.0 Å². The summed E-state index contributed by atoms with van der Waals surface area (Å²) >= 11 is 0. The van der Waals surface area contributed by atoms with E-state index in [1.165, 1.54) is 16.8 Å². The molecule has 0 aromatic heterocycles. The minimum absolute atomic E-state index is 0.457. The first-order valence-corrected chi connectivity index (χ1v) is 9.99. The lowest BCUT2D eigenvalue weighted by atomic mass is 10.00. The highest BCUT2D eigenvalue weighted by Gasteiger charge is 2.25.